The first-order valence-electron chi connectivity index (χ1n) is 9.54. The molecule has 3 aromatic rings. The molecule has 1 aliphatic heterocycles. The lowest BCUT2D eigenvalue weighted by Crippen LogP contribution is -2.48. The van der Waals surface area contributed by atoms with Crippen molar-refractivity contribution in [3.63, 3.8) is 0 Å². The van der Waals surface area contributed by atoms with Gasteiger partial charge in [0, 0.05) is 29.1 Å². The lowest BCUT2D eigenvalue weighted by atomic mass is 9.96. The van der Waals surface area contributed by atoms with Crippen molar-refractivity contribution in [1.82, 2.24) is 9.88 Å². The molecule has 4 rings (SSSR count). The van der Waals surface area contributed by atoms with Crippen molar-refractivity contribution >= 4 is 28.4 Å². The predicted octanol–water partition coefficient (Wildman–Crippen LogP) is 5.11. The summed E-state index contributed by atoms with van der Waals surface area (Å²) in [4.78, 5) is 20.3. The summed E-state index contributed by atoms with van der Waals surface area (Å²) in [5, 5.41) is 1.53. The molecule has 4 nitrogen and oxygen atoms in total. The third kappa shape index (κ3) is 3.50. The van der Waals surface area contributed by atoms with Crippen molar-refractivity contribution in [2.24, 2.45) is 0 Å². The maximum Gasteiger partial charge on any atom is 0.255 e. The highest BCUT2D eigenvalue weighted by Crippen LogP contribution is 2.32. The van der Waals surface area contributed by atoms with Crippen LogP contribution in [0.2, 0.25) is 5.02 Å². The average Bonchev–Trinajstić information content (AvgIpc) is 2.66. The third-order valence-electron chi connectivity index (χ3n) is 5.15. The Morgan fingerprint density at radius 3 is 2.54 bits per heavy atom. The van der Waals surface area contributed by atoms with Gasteiger partial charge in [-0.1, -0.05) is 41.9 Å². The fourth-order valence-corrected chi connectivity index (χ4v) is 4.19. The third-order valence-corrected chi connectivity index (χ3v) is 5.39. The zero-order chi connectivity index (χ0) is 19.8. The van der Waals surface area contributed by atoms with E-state index in [1.165, 1.54) is 0 Å². The van der Waals surface area contributed by atoms with E-state index < -0.39 is 0 Å². The fourth-order valence-electron chi connectivity index (χ4n) is 4.00. The molecule has 0 N–H and O–H groups in total. The molecular weight excluding hydrogens is 372 g/mol. The smallest absolute Gasteiger partial charge is 0.255 e. The first-order valence-corrected chi connectivity index (χ1v) is 9.92. The highest BCUT2D eigenvalue weighted by Gasteiger charge is 2.29. The number of rotatable bonds is 2. The normalized spacial score (nSPS) is 19.8. The van der Waals surface area contributed by atoms with Crippen molar-refractivity contribution < 1.29 is 9.53 Å². The number of ether oxygens (including phenoxy) is 1. The lowest BCUT2D eigenvalue weighted by Gasteiger charge is -2.36. The minimum absolute atomic E-state index is 0.0218. The Bertz CT molecular complexity index is 1040. The number of aromatic nitrogens is 1. The standard InChI is InChI=1S/C23H23ClN2O2/c1-14-12-26(13-15(2)28-14)23(27)21-16(3)22(17-7-6-8-18(24)11-17)25-20-10-5-4-9-19(20)21/h4-11,14-15H,12-13H2,1-3H3. The van der Waals surface area contributed by atoms with E-state index in [1.807, 2.05) is 74.2 Å². The molecule has 1 saturated heterocycles. The van der Waals surface area contributed by atoms with Crippen LogP contribution >= 0.6 is 11.6 Å². The van der Waals surface area contributed by atoms with Gasteiger partial charge in [-0.2, -0.15) is 0 Å². The van der Waals surface area contributed by atoms with Crippen LogP contribution in [0.1, 0.15) is 29.8 Å². The Hall–Kier alpha value is -2.43. The van der Waals surface area contributed by atoms with Gasteiger partial charge >= 0.3 is 0 Å². The monoisotopic (exact) mass is 394 g/mol. The number of carbonyl (C=O) groups excluding carboxylic acids is 1. The molecule has 1 fully saturated rings. The van der Waals surface area contributed by atoms with Crippen LogP contribution in [0.4, 0.5) is 0 Å². The number of amides is 1. The number of morpholine rings is 1. The Morgan fingerprint density at radius 2 is 1.82 bits per heavy atom. The first-order chi connectivity index (χ1) is 13.4. The highest BCUT2D eigenvalue weighted by atomic mass is 35.5. The van der Waals surface area contributed by atoms with E-state index in [4.69, 9.17) is 21.3 Å². The second kappa shape index (κ2) is 7.53. The molecule has 1 amide bonds. The second-order valence-corrected chi connectivity index (χ2v) is 7.89. The van der Waals surface area contributed by atoms with Gasteiger partial charge in [-0.15, -0.1) is 0 Å². The van der Waals surface area contributed by atoms with Gasteiger partial charge < -0.3 is 9.64 Å². The average molecular weight is 395 g/mol. The molecule has 1 aliphatic rings. The SMILES string of the molecule is Cc1c(-c2cccc(Cl)c2)nc2ccccc2c1C(=O)N1CC(C)OC(C)C1. The number of nitrogens with zero attached hydrogens (tertiary/aromatic N) is 2. The minimum atomic E-state index is 0.0218. The van der Waals surface area contributed by atoms with E-state index in [0.29, 0.717) is 23.7 Å². The van der Waals surface area contributed by atoms with E-state index in [2.05, 4.69) is 0 Å². The number of hydrogen-bond acceptors (Lipinski definition) is 3. The molecule has 0 aliphatic carbocycles. The van der Waals surface area contributed by atoms with Crippen molar-refractivity contribution in [2.45, 2.75) is 33.0 Å². The van der Waals surface area contributed by atoms with Crippen LogP contribution in [0, 0.1) is 6.92 Å². The Morgan fingerprint density at radius 1 is 1.11 bits per heavy atom. The molecule has 28 heavy (non-hydrogen) atoms. The summed E-state index contributed by atoms with van der Waals surface area (Å²) in [5.74, 6) is 0.0291. The molecule has 0 bridgehead atoms. The lowest BCUT2D eigenvalue weighted by molar-refractivity contribution is -0.0585. The molecule has 0 radical (unpaired) electrons. The van der Waals surface area contributed by atoms with Crippen molar-refractivity contribution in [3.8, 4) is 11.3 Å². The van der Waals surface area contributed by atoms with Gasteiger partial charge in [-0.25, -0.2) is 4.98 Å². The van der Waals surface area contributed by atoms with E-state index in [9.17, 15) is 4.79 Å². The zero-order valence-electron chi connectivity index (χ0n) is 16.3. The van der Waals surface area contributed by atoms with Crippen LogP contribution in [0.5, 0.6) is 0 Å². The Labute approximate surface area is 170 Å². The van der Waals surface area contributed by atoms with Gasteiger partial charge in [0.2, 0.25) is 0 Å². The predicted molar refractivity (Wildman–Crippen MR) is 113 cm³/mol. The van der Waals surface area contributed by atoms with Crippen molar-refractivity contribution in [2.75, 3.05) is 13.1 Å². The van der Waals surface area contributed by atoms with Gasteiger partial charge in [-0.3, -0.25) is 4.79 Å². The molecule has 0 spiro atoms. The molecule has 1 aromatic heterocycles. The summed E-state index contributed by atoms with van der Waals surface area (Å²) >= 11 is 6.20. The minimum Gasteiger partial charge on any atom is -0.372 e. The van der Waals surface area contributed by atoms with Gasteiger partial charge in [0.15, 0.2) is 0 Å². The zero-order valence-corrected chi connectivity index (χ0v) is 17.0. The number of fused-ring (bicyclic) bond motifs is 1. The van der Waals surface area contributed by atoms with Gasteiger partial charge in [0.25, 0.3) is 5.91 Å². The summed E-state index contributed by atoms with van der Waals surface area (Å²) in [6, 6.07) is 15.4. The number of halogens is 1. The second-order valence-electron chi connectivity index (χ2n) is 7.46. The maximum atomic E-state index is 13.6. The summed E-state index contributed by atoms with van der Waals surface area (Å²) in [6.45, 7) is 7.16. The van der Waals surface area contributed by atoms with E-state index in [0.717, 1.165) is 27.7 Å². The highest BCUT2D eigenvalue weighted by molar-refractivity contribution is 6.30. The Balaban J connectivity index is 1.89. The van der Waals surface area contributed by atoms with Gasteiger partial charge in [0.05, 0.1) is 29.0 Å². The molecule has 2 atom stereocenters. The summed E-state index contributed by atoms with van der Waals surface area (Å²) in [5.41, 5.74) is 4.09. The molecule has 2 heterocycles. The maximum absolute atomic E-state index is 13.6. The van der Waals surface area contributed by atoms with Crippen molar-refractivity contribution in [3.05, 3.63) is 64.7 Å². The number of pyridine rings is 1. The molecule has 2 unspecified atom stereocenters. The number of benzene rings is 2. The summed E-state index contributed by atoms with van der Waals surface area (Å²) < 4.78 is 5.81. The summed E-state index contributed by atoms with van der Waals surface area (Å²) in [6.07, 6.45) is 0.0435. The fraction of sp³-hybridized carbons (Fsp3) is 0.304. The largest absolute Gasteiger partial charge is 0.372 e. The van der Waals surface area contributed by atoms with E-state index in [-0.39, 0.29) is 18.1 Å². The van der Waals surface area contributed by atoms with Crippen LogP contribution in [0.3, 0.4) is 0 Å². The van der Waals surface area contributed by atoms with E-state index >= 15 is 0 Å². The van der Waals surface area contributed by atoms with Crippen LogP contribution in [0.15, 0.2) is 48.5 Å². The van der Waals surface area contributed by atoms with Crippen molar-refractivity contribution in [1.29, 1.82) is 0 Å². The Kier molecular flexibility index (Phi) is 5.09. The van der Waals surface area contributed by atoms with Gasteiger partial charge in [-0.05, 0) is 44.5 Å². The molecule has 0 saturated carbocycles. The number of carbonyl (C=O) groups is 1. The quantitative estimate of drug-likeness (QED) is 0.606. The molecule has 5 heteroatoms. The van der Waals surface area contributed by atoms with Crippen LogP contribution in [-0.4, -0.2) is 41.1 Å². The van der Waals surface area contributed by atoms with E-state index in [1.54, 1.807) is 0 Å². The van der Waals surface area contributed by atoms with Gasteiger partial charge in [0.1, 0.15) is 0 Å². The number of para-hydroxylation sites is 1. The first kappa shape index (κ1) is 18.9. The van der Waals surface area contributed by atoms with Crippen LogP contribution < -0.4 is 0 Å². The van der Waals surface area contributed by atoms with Crippen LogP contribution in [0.25, 0.3) is 22.2 Å². The molecular formula is C23H23ClN2O2. The summed E-state index contributed by atoms with van der Waals surface area (Å²) in [7, 11) is 0. The topological polar surface area (TPSA) is 42.4 Å². The number of hydrogen-bond donors (Lipinski definition) is 0. The van der Waals surface area contributed by atoms with Crippen LogP contribution in [-0.2, 0) is 4.74 Å². The molecule has 2 aromatic carbocycles. The molecule has 144 valence electrons.